The summed E-state index contributed by atoms with van der Waals surface area (Å²) in [6.45, 7) is 2.78. The van der Waals surface area contributed by atoms with Gasteiger partial charge in [-0.1, -0.05) is 0 Å². The van der Waals surface area contributed by atoms with Crippen LogP contribution in [-0.4, -0.2) is 37.6 Å². The molecule has 1 aliphatic rings. The van der Waals surface area contributed by atoms with Gasteiger partial charge in [-0.3, -0.25) is 9.59 Å². The fourth-order valence-electron chi connectivity index (χ4n) is 2.02. The van der Waals surface area contributed by atoms with Crippen LogP contribution in [0.1, 0.15) is 30.1 Å². The van der Waals surface area contributed by atoms with E-state index in [1.807, 2.05) is 0 Å². The van der Waals surface area contributed by atoms with Gasteiger partial charge in [-0.05, 0) is 44.0 Å². The summed E-state index contributed by atoms with van der Waals surface area (Å²) in [6.07, 6.45) is 2.18. The summed E-state index contributed by atoms with van der Waals surface area (Å²) >= 11 is 0. The maximum atomic E-state index is 11.6. The van der Waals surface area contributed by atoms with E-state index >= 15 is 0 Å². The molecule has 1 N–H and O–H groups in total. The van der Waals surface area contributed by atoms with E-state index in [-0.39, 0.29) is 24.4 Å². The summed E-state index contributed by atoms with van der Waals surface area (Å²) in [7, 11) is 0. The van der Waals surface area contributed by atoms with E-state index in [1.165, 1.54) is 6.92 Å². The number of hydrogen-bond acceptors (Lipinski definition) is 4. The molecule has 0 aliphatic carbocycles. The first kappa shape index (κ1) is 14.5. The maximum absolute atomic E-state index is 11.6. The van der Waals surface area contributed by atoms with Crippen molar-refractivity contribution in [2.75, 3.05) is 19.8 Å². The highest BCUT2D eigenvalue weighted by atomic mass is 16.5. The third kappa shape index (κ3) is 4.35. The van der Waals surface area contributed by atoms with Crippen LogP contribution in [0.2, 0.25) is 0 Å². The second-order valence-electron chi connectivity index (χ2n) is 4.81. The van der Waals surface area contributed by atoms with Crippen molar-refractivity contribution >= 4 is 11.7 Å². The molecule has 1 atom stereocenters. The lowest BCUT2D eigenvalue weighted by Crippen LogP contribution is -2.35. The molecule has 1 amide bonds. The predicted octanol–water partition coefficient (Wildman–Crippen LogP) is 1.56. The molecule has 1 saturated heterocycles. The molecule has 1 aromatic carbocycles. The maximum Gasteiger partial charge on any atom is 0.258 e. The summed E-state index contributed by atoms with van der Waals surface area (Å²) in [5.41, 5.74) is 0.625. The molecule has 0 unspecified atom stereocenters. The number of Topliss-reactive ketones (excluding diaryl/α,β-unsaturated/α-hetero) is 1. The minimum Gasteiger partial charge on any atom is -0.484 e. The summed E-state index contributed by atoms with van der Waals surface area (Å²) < 4.78 is 10.8. The largest absolute Gasteiger partial charge is 0.484 e. The minimum absolute atomic E-state index is 0.00542. The molecule has 2 rings (SSSR count). The molecule has 1 heterocycles. The van der Waals surface area contributed by atoms with Gasteiger partial charge in [0.25, 0.3) is 5.91 Å². The molecule has 5 heteroatoms. The van der Waals surface area contributed by atoms with Gasteiger partial charge in [-0.2, -0.15) is 0 Å². The molecular weight excluding hydrogens is 258 g/mol. The second-order valence-corrected chi connectivity index (χ2v) is 4.81. The molecule has 0 saturated carbocycles. The van der Waals surface area contributed by atoms with Gasteiger partial charge < -0.3 is 14.8 Å². The first-order valence-electron chi connectivity index (χ1n) is 6.77. The monoisotopic (exact) mass is 277 g/mol. The van der Waals surface area contributed by atoms with Gasteiger partial charge in [-0.15, -0.1) is 0 Å². The summed E-state index contributed by atoms with van der Waals surface area (Å²) in [5, 5.41) is 2.78. The van der Waals surface area contributed by atoms with Crippen LogP contribution >= 0.6 is 0 Å². The number of amides is 1. The van der Waals surface area contributed by atoms with Gasteiger partial charge >= 0.3 is 0 Å². The Morgan fingerprint density at radius 3 is 2.70 bits per heavy atom. The minimum atomic E-state index is -0.170. The van der Waals surface area contributed by atoms with Crippen LogP contribution in [0, 0.1) is 0 Å². The zero-order valence-electron chi connectivity index (χ0n) is 11.6. The molecule has 1 aromatic rings. The molecule has 0 radical (unpaired) electrons. The van der Waals surface area contributed by atoms with Crippen molar-refractivity contribution in [3.8, 4) is 5.75 Å². The van der Waals surface area contributed by atoms with Crippen molar-refractivity contribution in [3.63, 3.8) is 0 Å². The lowest BCUT2D eigenvalue weighted by molar-refractivity contribution is -0.123. The topological polar surface area (TPSA) is 64.6 Å². The SMILES string of the molecule is CC(=O)c1ccc(OCC(=O)NC[C@@H]2CCCO2)cc1. The fourth-order valence-corrected chi connectivity index (χ4v) is 2.02. The molecular formula is C15H19NO4. The van der Waals surface area contributed by atoms with E-state index in [0.717, 1.165) is 19.4 Å². The lowest BCUT2D eigenvalue weighted by atomic mass is 10.1. The number of hydrogen-bond donors (Lipinski definition) is 1. The molecule has 0 aromatic heterocycles. The average Bonchev–Trinajstić information content (AvgIpc) is 2.96. The van der Waals surface area contributed by atoms with E-state index < -0.39 is 0 Å². The van der Waals surface area contributed by atoms with Crippen molar-refractivity contribution in [1.82, 2.24) is 5.32 Å². The smallest absolute Gasteiger partial charge is 0.258 e. The van der Waals surface area contributed by atoms with E-state index in [4.69, 9.17) is 9.47 Å². The molecule has 0 spiro atoms. The van der Waals surface area contributed by atoms with E-state index in [0.29, 0.717) is 17.9 Å². The van der Waals surface area contributed by atoms with Crippen LogP contribution in [-0.2, 0) is 9.53 Å². The number of rotatable bonds is 6. The Labute approximate surface area is 118 Å². The van der Waals surface area contributed by atoms with E-state index in [2.05, 4.69) is 5.32 Å². The van der Waals surface area contributed by atoms with Crippen molar-refractivity contribution < 1.29 is 19.1 Å². The molecule has 5 nitrogen and oxygen atoms in total. The molecule has 20 heavy (non-hydrogen) atoms. The number of ketones is 1. The third-order valence-electron chi connectivity index (χ3n) is 3.18. The average molecular weight is 277 g/mol. The van der Waals surface area contributed by atoms with Gasteiger partial charge in [-0.25, -0.2) is 0 Å². The Bertz CT molecular complexity index is 463. The van der Waals surface area contributed by atoms with Crippen LogP contribution in [0.5, 0.6) is 5.75 Å². The van der Waals surface area contributed by atoms with Crippen LogP contribution in [0.25, 0.3) is 0 Å². The Morgan fingerprint density at radius 1 is 1.35 bits per heavy atom. The van der Waals surface area contributed by atoms with E-state index in [1.54, 1.807) is 24.3 Å². The van der Waals surface area contributed by atoms with Crippen LogP contribution in [0.15, 0.2) is 24.3 Å². The Hall–Kier alpha value is -1.88. The molecule has 0 bridgehead atoms. The van der Waals surface area contributed by atoms with Gasteiger partial charge in [0.15, 0.2) is 12.4 Å². The summed E-state index contributed by atoms with van der Waals surface area (Å²) in [4.78, 5) is 22.7. The number of benzene rings is 1. The highest BCUT2D eigenvalue weighted by Gasteiger charge is 2.16. The summed E-state index contributed by atoms with van der Waals surface area (Å²) in [5.74, 6) is 0.407. The zero-order valence-corrected chi connectivity index (χ0v) is 11.6. The first-order chi connectivity index (χ1) is 9.65. The summed E-state index contributed by atoms with van der Waals surface area (Å²) in [6, 6.07) is 6.73. The normalized spacial score (nSPS) is 17.8. The Morgan fingerprint density at radius 2 is 2.10 bits per heavy atom. The van der Waals surface area contributed by atoms with Gasteiger partial charge in [0.05, 0.1) is 6.10 Å². The quantitative estimate of drug-likeness (QED) is 0.801. The van der Waals surface area contributed by atoms with Gasteiger partial charge in [0.1, 0.15) is 5.75 Å². The van der Waals surface area contributed by atoms with Gasteiger partial charge in [0.2, 0.25) is 0 Å². The molecule has 1 aliphatic heterocycles. The Balaban J connectivity index is 1.70. The van der Waals surface area contributed by atoms with Crippen LogP contribution < -0.4 is 10.1 Å². The van der Waals surface area contributed by atoms with Crippen molar-refractivity contribution in [2.24, 2.45) is 0 Å². The highest BCUT2D eigenvalue weighted by Crippen LogP contribution is 2.13. The number of nitrogens with one attached hydrogen (secondary N) is 1. The highest BCUT2D eigenvalue weighted by molar-refractivity contribution is 5.94. The van der Waals surface area contributed by atoms with Crippen LogP contribution in [0.4, 0.5) is 0 Å². The lowest BCUT2D eigenvalue weighted by Gasteiger charge is -2.11. The number of carbonyl (C=O) groups is 2. The fraction of sp³-hybridized carbons (Fsp3) is 0.467. The van der Waals surface area contributed by atoms with Crippen LogP contribution in [0.3, 0.4) is 0 Å². The predicted molar refractivity (Wildman–Crippen MR) is 73.9 cm³/mol. The molecule has 108 valence electrons. The Kier molecular flexibility index (Phi) is 5.12. The zero-order chi connectivity index (χ0) is 14.4. The first-order valence-corrected chi connectivity index (χ1v) is 6.77. The van der Waals surface area contributed by atoms with Crippen molar-refractivity contribution in [2.45, 2.75) is 25.9 Å². The molecule has 1 fully saturated rings. The van der Waals surface area contributed by atoms with Crippen molar-refractivity contribution in [3.05, 3.63) is 29.8 Å². The van der Waals surface area contributed by atoms with Gasteiger partial charge in [0, 0.05) is 18.7 Å². The number of carbonyl (C=O) groups excluding carboxylic acids is 2. The standard InChI is InChI=1S/C15H19NO4/c1-11(17)12-4-6-13(7-5-12)20-10-15(18)16-9-14-3-2-8-19-14/h4-7,14H,2-3,8-10H2,1H3,(H,16,18)/t14-/m0/s1. The number of ether oxygens (including phenoxy) is 2. The van der Waals surface area contributed by atoms with E-state index in [9.17, 15) is 9.59 Å². The van der Waals surface area contributed by atoms with Crippen molar-refractivity contribution in [1.29, 1.82) is 0 Å². The second kappa shape index (κ2) is 7.05. The third-order valence-corrected chi connectivity index (χ3v) is 3.18.